The van der Waals surface area contributed by atoms with Crippen LogP contribution in [0, 0.1) is 0 Å². The van der Waals surface area contributed by atoms with Crippen LogP contribution in [0.4, 0.5) is 4.79 Å². The number of nitrogens with one attached hydrogen (secondary N) is 1. The van der Waals surface area contributed by atoms with E-state index in [0.29, 0.717) is 57.2 Å². The molecule has 2 aromatic rings. The molecule has 7 heteroatoms. The summed E-state index contributed by atoms with van der Waals surface area (Å²) in [6.45, 7) is 4.76. The minimum absolute atomic E-state index is 0.0622. The number of rotatable bonds is 5. The van der Waals surface area contributed by atoms with Crippen LogP contribution in [0.25, 0.3) is 11.3 Å². The van der Waals surface area contributed by atoms with Crippen LogP contribution in [0.1, 0.15) is 19.2 Å². The third-order valence-corrected chi connectivity index (χ3v) is 4.41. The van der Waals surface area contributed by atoms with Crippen LogP contribution >= 0.6 is 0 Å². The van der Waals surface area contributed by atoms with Crippen molar-refractivity contribution in [3.8, 4) is 11.3 Å². The van der Waals surface area contributed by atoms with E-state index < -0.39 is 0 Å². The summed E-state index contributed by atoms with van der Waals surface area (Å²) in [6, 6.07) is 9.70. The topological polar surface area (TPSA) is 78.7 Å². The van der Waals surface area contributed by atoms with Gasteiger partial charge >= 0.3 is 6.03 Å². The molecule has 0 radical (unpaired) electrons. The van der Waals surface area contributed by atoms with Gasteiger partial charge in [0.25, 0.3) is 0 Å². The molecule has 1 saturated heterocycles. The van der Waals surface area contributed by atoms with E-state index in [1.54, 1.807) is 16.0 Å². The first-order chi connectivity index (χ1) is 12.7. The molecule has 0 atom stereocenters. The van der Waals surface area contributed by atoms with E-state index >= 15 is 0 Å². The molecule has 1 N–H and O–H groups in total. The number of urea groups is 1. The Kier molecular flexibility index (Phi) is 5.88. The molecular weight excluding hydrogens is 332 g/mol. The SMILES string of the molecule is CCNC(=O)N1CCN(C(=O)CCc2ncc(-c3ccccc3)o2)CC1. The predicted octanol–water partition coefficient (Wildman–Crippen LogP) is 2.15. The third kappa shape index (κ3) is 4.41. The van der Waals surface area contributed by atoms with Gasteiger partial charge in [-0.25, -0.2) is 9.78 Å². The molecule has 0 spiro atoms. The van der Waals surface area contributed by atoms with Crippen LogP contribution in [-0.2, 0) is 11.2 Å². The van der Waals surface area contributed by atoms with Crippen LogP contribution in [0.15, 0.2) is 40.9 Å². The van der Waals surface area contributed by atoms with Gasteiger partial charge in [-0.15, -0.1) is 0 Å². The number of nitrogens with zero attached hydrogens (tertiary/aromatic N) is 3. The lowest BCUT2D eigenvalue weighted by Gasteiger charge is -2.34. The molecule has 1 aliphatic rings. The highest BCUT2D eigenvalue weighted by atomic mass is 16.4. The molecule has 1 aromatic heterocycles. The van der Waals surface area contributed by atoms with Gasteiger partial charge in [-0.3, -0.25) is 4.79 Å². The maximum absolute atomic E-state index is 12.4. The fourth-order valence-electron chi connectivity index (χ4n) is 2.96. The Hall–Kier alpha value is -2.83. The molecule has 7 nitrogen and oxygen atoms in total. The first-order valence-electron chi connectivity index (χ1n) is 8.98. The Morgan fingerprint density at radius 1 is 1.12 bits per heavy atom. The molecule has 0 unspecified atom stereocenters. The molecule has 1 aromatic carbocycles. The van der Waals surface area contributed by atoms with Crippen LogP contribution in [-0.4, -0.2) is 59.4 Å². The lowest BCUT2D eigenvalue weighted by atomic mass is 10.2. The van der Waals surface area contributed by atoms with Gasteiger partial charge in [0.2, 0.25) is 5.91 Å². The molecule has 1 fully saturated rings. The number of oxazole rings is 1. The van der Waals surface area contributed by atoms with Gasteiger partial charge in [-0.1, -0.05) is 30.3 Å². The molecule has 0 aliphatic carbocycles. The zero-order chi connectivity index (χ0) is 18.4. The smallest absolute Gasteiger partial charge is 0.317 e. The minimum atomic E-state index is -0.0622. The van der Waals surface area contributed by atoms with Gasteiger partial charge < -0.3 is 19.5 Å². The van der Waals surface area contributed by atoms with Gasteiger partial charge in [0, 0.05) is 51.1 Å². The quantitative estimate of drug-likeness (QED) is 0.890. The Morgan fingerprint density at radius 2 is 1.81 bits per heavy atom. The van der Waals surface area contributed by atoms with Gasteiger partial charge in [-0.2, -0.15) is 0 Å². The Morgan fingerprint density at radius 3 is 2.50 bits per heavy atom. The van der Waals surface area contributed by atoms with E-state index in [1.807, 2.05) is 37.3 Å². The van der Waals surface area contributed by atoms with Gasteiger partial charge in [-0.05, 0) is 6.92 Å². The highest BCUT2D eigenvalue weighted by Gasteiger charge is 2.23. The third-order valence-electron chi connectivity index (χ3n) is 4.41. The summed E-state index contributed by atoms with van der Waals surface area (Å²) in [5, 5.41) is 2.78. The van der Waals surface area contributed by atoms with E-state index in [9.17, 15) is 9.59 Å². The maximum Gasteiger partial charge on any atom is 0.317 e. The fraction of sp³-hybridized carbons (Fsp3) is 0.421. The number of hydrogen-bond acceptors (Lipinski definition) is 4. The van der Waals surface area contributed by atoms with Crippen molar-refractivity contribution >= 4 is 11.9 Å². The summed E-state index contributed by atoms with van der Waals surface area (Å²) in [7, 11) is 0. The Labute approximate surface area is 153 Å². The number of amides is 3. The number of carbonyl (C=O) groups excluding carboxylic acids is 2. The molecule has 0 bridgehead atoms. The number of carbonyl (C=O) groups is 2. The van der Waals surface area contributed by atoms with Crippen LogP contribution in [0.2, 0.25) is 0 Å². The van der Waals surface area contributed by atoms with E-state index in [0.717, 1.165) is 5.56 Å². The first-order valence-corrected chi connectivity index (χ1v) is 8.98. The largest absolute Gasteiger partial charge is 0.441 e. The summed E-state index contributed by atoms with van der Waals surface area (Å²) in [5.41, 5.74) is 0.971. The monoisotopic (exact) mass is 356 g/mol. The zero-order valence-electron chi connectivity index (χ0n) is 15.0. The number of piperazine rings is 1. The minimum Gasteiger partial charge on any atom is -0.441 e. The van der Waals surface area contributed by atoms with E-state index in [-0.39, 0.29) is 11.9 Å². The molecule has 2 heterocycles. The van der Waals surface area contributed by atoms with E-state index in [4.69, 9.17) is 4.42 Å². The van der Waals surface area contributed by atoms with Gasteiger partial charge in [0.15, 0.2) is 11.7 Å². The Balaban J connectivity index is 1.46. The maximum atomic E-state index is 12.4. The van der Waals surface area contributed by atoms with Crippen molar-refractivity contribution in [3.05, 3.63) is 42.4 Å². The number of hydrogen-bond donors (Lipinski definition) is 1. The summed E-state index contributed by atoms with van der Waals surface area (Å²) in [5.74, 6) is 1.35. The second-order valence-electron chi connectivity index (χ2n) is 6.19. The first kappa shape index (κ1) is 18.0. The molecule has 138 valence electrons. The molecule has 0 saturated carbocycles. The molecule has 1 aliphatic heterocycles. The van der Waals surface area contributed by atoms with Crippen molar-refractivity contribution in [2.45, 2.75) is 19.8 Å². The molecule has 26 heavy (non-hydrogen) atoms. The van der Waals surface area contributed by atoms with Crippen molar-refractivity contribution in [1.82, 2.24) is 20.1 Å². The van der Waals surface area contributed by atoms with Crippen molar-refractivity contribution in [2.24, 2.45) is 0 Å². The number of aryl methyl sites for hydroxylation is 1. The van der Waals surface area contributed by atoms with Crippen LogP contribution in [0.5, 0.6) is 0 Å². The Bertz CT molecular complexity index is 736. The predicted molar refractivity (Wildman–Crippen MR) is 97.5 cm³/mol. The van der Waals surface area contributed by atoms with E-state index in [2.05, 4.69) is 10.3 Å². The highest BCUT2D eigenvalue weighted by molar-refractivity contribution is 5.77. The molecule has 3 amide bonds. The average Bonchev–Trinajstić information content (AvgIpc) is 3.16. The number of benzene rings is 1. The average molecular weight is 356 g/mol. The van der Waals surface area contributed by atoms with Crippen LogP contribution < -0.4 is 5.32 Å². The lowest BCUT2D eigenvalue weighted by molar-refractivity contribution is -0.132. The van der Waals surface area contributed by atoms with Gasteiger partial charge in [0.05, 0.1) is 6.20 Å². The van der Waals surface area contributed by atoms with Crippen LogP contribution in [0.3, 0.4) is 0 Å². The second kappa shape index (κ2) is 8.51. The van der Waals surface area contributed by atoms with Crippen molar-refractivity contribution < 1.29 is 14.0 Å². The van der Waals surface area contributed by atoms with Crippen molar-refractivity contribution in [2.75, 3.05) is 32.7 Å². The summed E-state index contributed by atoms with van der Waals surface area (Å²) in [6.07, 6.45) is 2.53. The van der Waals surface area contributed by atoms with Gasteiger partial charge in [0.1, 0.15) is 0 Å². The van der Waals surface area contributed by atoms with E-state index in [1.165, 1.54) is 0 Å². The molecule has 3 rings (SSSR count). The van der Waals surface area contributed by atoms with Crippen molar-refractivity contribution in [1.29, 1.82) is 0 Å². The second-order valence-corrected chi connectivity index (χ2v) is 6.19. The zero-order valence-corrected chi connectivity index (χ0v) is 15.0. The molecular formula is C19H24N4O3. The van der Waals surface area contributed by atoms with Crippen molar-refractivity contribution in [3.63, 3.8) is 0 Å². The highest BCUT2D eigenvalue weighted by Crippen LogP contribution is 2.20. The summed E-state index contributed by atoms with van der Waals surface area (Å²) < 4.78 is 5.74. The lowest BCUT2D eigenvalue weighted by Crippen LogP contribution is -2.53. The fourth-order valence-corrected chi connectivity index (χ4v) is 2.96. The normalized spacial score (nSPS) is 14.3. The summed E-state index contributed by atoms with van der Waals surface area (Å²) >= 11 is 0. The number of aromatic nitrogens is 1. The standard InChI is InChI=1S/C19H24N4O3/c1-2-20-19(25)23-12-10-22(11-13-23)18(24)9-8-17-21-14-16(26-17)15-6-4-3-5-7-15/h3-7,14H,2,8-13H2,1H3,(H,20,25). The summed E-state index contributed by atoms with van der Waals surface area (Å²) in [4.78, 5) is 32.0.